The fourth-order valence-electron chi connectivity index (χ4n) is 6.77. The molecule has 10 heteroatoms. The number of hydrogen-bond acceptors (Lipinski definition) is 6. The maximum atomic E-state index is 13.2. The van der Waals surface area contributed by atoms with Crippen molar-refractivity contribution in [1.29, 1.82) is 0 Å². The van der Waals surface area contributed by atoms with Crippen molar-refractivity contribution in [3.8, 4) is 46.7 Å². The van der Waals surface area contributed by atoms with Gasteiger partial charge < -0.3 is 19.4 Å². The lowest BCUT2D eigenvalue weighted by Gasteiger charge is -2.30. The summed E-state index contributed by atoms with van der Waals surface area (Å²) in [5, 5.41) is 0. The Hall–Kier alpha value is -5.96. The SMILES string of the molecule is C#C[C@@H]1CC[C@@H](c2ncc(-c3cccc(C#Cc4cccc(-c5cnc([C@@H]6CCC(C=C=C)N6C(=O)OC(C)(C)C)[nH]5)c4)c3)[nH]2)N1C(=O)OC(C)(C)C. The van der Waals surface area contributed by atoms with Gasteiger partial charge in [0.1, 0.15) is 22.9 Å². The highest BCUT2D eigenvalue weighted by Crippen LogP contribution is 2.38. The van der Waals surface area contributed by atoms with Crippen LogP contribution in [0, 0.1) is 24.2 Å². The summed E-state index contributed by atoms with van der Waals surface area (Å²) in [6, 6.07) is 14.8. The Morgan fingerprint density at radius 1 is 0.792 bits per heavy atom. The summed E-state index contributed by atoms with van der Waals surface area (Å²) in [5.41, 5.74) is 6.73. The van der Waals surface area contributed by atoms with Crippen LogP contribution < -0.4 is 0 Å². The minimum absolute atomic E-state index is 0.170. The van der Waals surface area contributed by atoms with Gasteiger partial charge >= 0.3 is 12.2 Å². The Bertz CT molecular complexity index is 2140. The summed E-state index contributed by atoms with van der Waals surface area (Å²) >= 11 is 0. The number of benzene rings is 2. The first-order chi connectivity index (χ1) is 25.2. The van der Waals surface area contributed by atoms with Crippen molar-refractivity contribution in [2.75, 3.05) is 0 Å². The van der Waals surface area contributed by atoms with Crippen LogP contribution >= 0.6 is 0 Å². The van der Waals surface area contributed by atoms with Gasteiger partial charge in [-0.1, -0.05) is 48.6 Å². The molecular weight excluding hydrogens is 665 g/mol. The number of rotatable bonds is 5. The highest BCUT2D eigenvalue weighted by atomic mass is 16.6. The van der Waals surface area contributed by atoms with E-state index in [0.717, 1.165) is 46.5 Å². The topological polar surface area (TPSA) is 116 Å². The molecule has 0 aliphatic carbocycles. The third-order valence-electron chi connectivity index (χ3n) is 9.05. The van der Waals surface area contributed by atoms with E-state index in [0.29, 0.717) is 24.5 Å². The van der Waals surface area contributed by atoms with Crippen LogP contribution in [0.1, 0.15) is 102 Å². The van der Waals surface area contributed by atoms with Crippen molar-refractivity contribution in [2.24, 2.45) is 0 Å². The van der Waals surface area contributed by atoms with Crippen LogP contribution in [0.5, 0.6) is 0 Å². The zero-order chi connectivity index (χ0) is 37.9. The van der Waals surface area contributed by atoms with E-state index in [4.69, 9.17) is 15.9 Å². The second-order valence-electron chi connectivity index (χ2n) is 15.4. The molecule has 4 aromatic rings. The molecule has 1 unspecified atom stereocenters. The van der Waals surface area contributed by atoms with Gasteiger partial charge in [0, 0.05) is 22.3 Å². The van der Waals surface area contributed by atoms with Gasteiger partial charge in [0.15, 0.2) is 0 Å². The molecule has 2 aliphatic rings. The van der Waals surface area contributed by atoms with Gasteiger partial charge in [-0.05, 0) is 97.6 Å². The summed E-state index contributed by atoms with van der Waals surface area (Å²) in [6.07, 6.45) is 13.2. The second kappa shape index (κ2) is 14.9. The molecule has 2 amide bonds. The predicted molar refractivity (Wildman–Crippen MR) is 204 cm³/mol. The van der Waals surface area contributed by atoms with E-state index in [1.165, 1.54) is 0 Å². The number of imidazole rings is 2. The first-order valence-electron chi connectivity index (χ1n) is 17.9. The fraction of sp³-hybridized carbons (Fsp3) is 0.372. The van der Waals surface area contributed by atoms with Gasteiger partial charge in [0.05, 0.1) is 47.9 Å². The Balaban J connectivity index is 1.18. The Morgan fingerprint density at radius 2 is 1.28 bits per heavy atom. The summed E-state index contributed by atoms with van der Waals surface area (Å²) in [7, 11) is 0. The molecule has 4 atom stereocenters. The molecule has 53 heavy (non-hydrogen) atoms. The molecule has 2 fully saturated rings. The normalized spacial score (nSPS) is 19.9. The highest BCUT2D eigenvalue weighted by Gasteiger charge is 2.42. The van der Waals surface area contributed by atoms with Crippen LogP contribution in [0.2, 0.25) is 0 Å². The van der Waals surface area contributed by atoms with Crippen molar-refractivity contribution < 1.29 is 19.1 Å². The number of amides is 2. The van der Waals surface area contributed by atoms with Crippen LogP contribution in [0.25, 0.3) is 22.5 Å². The Morgan fingerprint density at radius 3 is 1.77 bits per heavy atom. The largest absolute Gasteiger partial charge is 0.444 e. The van der Waals surface area contributed by atoms with Crippen LogP contribution in [-0.4, -0.2) is 65.2 Å². The maximum Gasteiger partial charge on any atom is 0.411 e. The molecular formula is C43H46N6O4. The number of carbonyl (C=O) groups excluding carboxylic acids is 2. The lowest BCUT2D eigenvalue weighted by atomic mass is 10.1. The molecule has 0 bridgehead atoms. The van der Waals surface area contributed by atoms with E-state index < -0.39 is 17.3 Å². The third-order valence-corrected chi connectivity index (χ3v) is 9.05. The molecule has 4 heterocycles. The zero-order valence-electron chi connectivity index (χ0n) is 31.2. The number of likely N-dealkylation sites (tertiary alicyclic amines) is 2. The number of terminal acetylenes is 1. The van der Waals surface area contributed by atoms with Gasteiger partial charge in [0.25, 0.3) is 0 Å². The molecule has 2 aliphatic heterocycles. The van der Waals surface area contributed by atoms with E-state index in [9.17, 15) is 9.59 Å². The Labute approximate surface area is 311 Å². The van der Waals surface area contributed by atoms with Crippen molar-refractivity contribution in [2.45, 2.75) is 103 Å². The van der Waals surface area contributed by atoms with Crippen LogP contribution in [0.15, 0.2) is 79.3 Å². The molecule has 10 nitrogen and oxygen atoms in total. The summed E-state index contributed by atoms with van der Waals surface area (Å²) in [6.45, 7) is 14.8. The molecule has 272 valence electrons. The Kier molecular flexibility index (Phi) is 10.4. The molecule has 0 spiro atoms. The molecule has 2 aromatic heterocycles. The number of aromatic amines is 2. The van der Waals surface area contributed by atoms with Crippen molar-refractivity contribution in [3.05, 3.63) is 102 Å². The van der Waals surface area contributed by atoms with E-state index in [1.807, 2.05) is 96.1 Å². The molecule has 0 saturated carbocycles. The molecule has 0 radical (unpaired) electrons. The van der Waals surface area contributed by atoms with Gasteiger partial charge in [0.2, 0.25) is 0 Å². The fourth-order valence-corrected chi connectivity index (χ4v) is 6.77. The predicted octanol–water partition coefficient (Wildman–Crippen LogP) is 8.72. The van der Waals surface area contributed by atoms with E-state index in [2.05, 4.69) is 50.0 Å². The number of H-pyrrole nitrogens is 2. The number of nitrogens with one attached hydrogen (secondary N) is 2. The first-order valence-corrected chi connectivity index (χ1v) is 17.9. The van der Waals surface area contributed by atoms with Gasteiger partial charge in [-0.3, -0.25) is 9.80 Å². The molecule has 2 N–H and O–H groups in total. The lowest BCUT2D eigenvalue weighted by Crippen LogP contribution is -2.40. The van der Waals surface area contributed by atoms with Crippen LogP contribution in [-0.2, 0) is 9.47 Å². The lowest BCUT2D eigenvalue weighted by molar-refractivity contribution is 0.0164. The summed E-state index contributed by atoms with van der Waals surface area (Å²) in [4.78, 5) is 45.9. The smallest absolute Gasteiger partial charge is 0.411 e. The van der Waals surface area contributed by atoms with Crippen LogP contribution in [0.3, 0.4) is 0 Å². The number of aromatic nitrogens is 4. The minimum atomic E-state index is -0.640. The van der Waals surface area contributed by atoms with Crippen LogP contribution in [0.4, 0.5) is 9.59 Å². The van der Waals surface area contributed by atoms with Gasteiger partial charge in [-0.15, -0.1) is 12.2 Å². The third kappa shape index (κ3) is 8.58. The summed E-state index contributed by atoms with van der Waals surface area (Å²) < 4.78 is 11.4. The summed E-state index contributed by atoms with van der Waals surface area (Å²) in [5.74, 6) is 10.7. The average molecular weight is 711 g/mol. The average Bonchev–Trinajstić information content (AvgIpc) is 3.92. The first kappa shape index (κ1) is 36.8. The molecule has 2 saturated heterocycles. The maximum absolute atomic E-state index is 13.2. The van der Waals surface area contributed by atoms with Crippen molar-refractivity contribution in [3.63, 3.8) is 0 Å². The minimum Gasteiger partial charge on any atom is -0.444 e. The quantitative estimate of drug-likeness (QED) is 0.158. The van der Waals surface area contributed by atoms with E-state index in [-0.39, 0.29) is 30.3 Å². The number of carbonyl (C=O) groups is 2. The highest BCUT2D eigenvalue weighted by molar-refractivity contribution is 5.71. The van der Waals surface area contributed by atoms with E-state index in [1.54, 1.807) is 22.2 Å². The number of ether oxygens (including phenoxy) is 2. The number of hydrogen-bond donors (Lipinski definition) is 2. The standard InChI is InChI=1S/C43H46N6O4/c1-9-13-33-21-23-37(49(33)41(51)53-43(6,7)8)39-45-27-35(47-39)31-17-12-15-29(25-31)19-18-28-14-11-16-30(24-28)34-26-44-38(46-34)36-22-20-32(10-2)48(36)40(50)52-42(3,4)5/h2,11-17,24-27,32-33,36-37H,1,20-23H2,3-8H3,(H,44,46)(H,45,47)/t32-,33?,36+,37+/m1/s1. The molecule has 2 aromatic carbocycles. The zero-order valence-corrected chi connectivity index (χ0v) is 31.2. The monoisotopic (exact) mass is 710 g/mol. The van der Waals surface area contributed by atoms with Crippen molar-refractivity contribution >= 4 is 12.2 Å². The second-order valence-corrected chi connectivity index (χ2v) is 15.4. The molecule has 6 rings (SSSR count). The van der Waals surface area contributed by atoms with Crippen molar-refractivity contribution in [1.82, 2.24) is 29.7 Å². The number of nitrogens with zero attached hydrogens (tertiary/aromatic N) is 4. The van der Waals surface area contributed by atoms with E-state index >= 15 is 0 Å². The van der Waals surface area contributed by atoms with Gasteiger partial charge in [-0.2, -0.15) is 0 Å². The van der Waals surface area contributed by atoms with Gasteiger partial charge in [-0.25, -0.2) is 19.6 Å².